The third-order valence-corrected chi connectivity index (χ3v) is 3.33. The van der Waals surface area contributed by atoms with Crippen molar-refractivity contribution in [3.8, 4) is 0 Å². The maximum atomic E-state index is 13.3. The lowest BCUT2D eigenvalue weighted by Gasteiger charge is -2.24. The number of carbonyl (C=O) groups is 1. The van der Waals surface area contributed by atoms with Crippen molar-refractivity contribution in [3.05, 3.63) is 22.4 Å². The predicted octanol–water partition coefficient (Wildman–Crippen LogP) is 1.99. The van der Waals surface area contributed by atoms with E-state index < -0.39 is 5.82 Å². The second kappa shape index (κ2) is 6.04. The molecule has 100 valence electrons. The van der Waals surface area contributed by atoms with E-state index in [0.717, 1.165) is 0 Å². The van der Waals surface area contributed by atoms with Crippen molar-refractivity contribution < 1.29 is 9.18 Å². The van der Waals surface area contributed by atoms with Gasteiger partial charge >= 0.3 is 0 Å². The van der Waals surface area contributed by atoms with Gasteiger partial charge in [0.25, 0.3) is 0 Å². The quantitative estimate of drug-likeness (QED) is 0.835. The molecule has 0 fully saturated rings. The molecule has 1 unspecified atom stereocenters. The molecule has 0 saturated heterocycles. The van der Waals surface area contributed by atoms with Crippen LogP contribution in [0.1, 0.15) is 6.92 Å². The van der Waals surface area contributed by atoms with Gasteiger partial charge in [0.1, 0.15) is 5.82 Å². The van der Waals surface area contributed by atoms with Crippen LogP contribution < -0.4 is 16.0 Å². The Morgan fingerprint density at radius 3 is 2.78 bits per heavy atom. The molecule has 1 amide bonds. The Hall–Kier alpha value is -1.30. The summed E-state index contributed by atoms with van der Waals surface area (Å²) in [5, 5.41) is 2.59. The summed E-state index contributed by atoms with van der Waals surface area (Å²) in [5.74, 6) is -0.617. The molecule has 0 bridgehead atoms. The lowest BCUT2D eigenvalue weighted by Crippen LogP contribution is -2.34. The predicted molar refractivity (Wildman–Crippen MR) is 75.0 cm³/mol. The zero-order chi connectivity index (χ0) is 13.9. The minimum absolute atomic E-state index is 0.0402. The Labute approximate surface area is 114 Å². The summed E-state index contributed by atoms with van der Waals surface area (Å²) in [6.45, 7) is 2.33. The molecule has 1 aromatic rings. The summed E-state index contributed by atoms with van der Waals surface area (Å²) < 4.78 is 13.6. The van der Waals surface area contributed by atoms with E-state index in [2.05, 4.69) is 21.2 Å². The van der Waals surface area contributed by atoms with Crippen LogP contribution in [0.25, 0.3) is 0 Å². The van der Waals surface area contributed by atoms with Gasteiger partial charge in [-0.05, 0) is 22.0 Å². The number of rotatable bonds is 4. The van der Waals surface area contributed by atoms with E-state index in [1.165, 1.54) is 6.07 Å². The molecule has 1 rings (SSSR count). The van der Waals surface area contributed by atoms with Crippen molar-refractivity contribution in [2.24, 2.45) is 5.92 Å². The van der Waals surface area contributed by atoms with Crippen LogP contribution in [0.15, 0.2) is 16.6 Å². The van der Waals surface area contributed by atoms with E-state index in [4.69, 9.17) is 5.73 Å². The first-order valence-electron chi connectivity index (χ1n) is 5.54. The zero-order valence-electron chi connectivity index (χ0n) is 10.6. The molecule has 0 heterocycles. The maximum absolute atomic E-state index is 13.3. The lowest BCUT2D eigenvalue weighted by atomic mass is 10.1. The van der Waals surface area contributed by atoms with Gasteiger partial charge in [-0.2, -0.15) is 0 Å². The normalized spacial score (nSPS) is 12.1. The highest BCUT2D eigenvalue weighted by Gasteiger charge is 2.16. The second-order valence-corrected chi connectivity index (χ2v) is 5.08. The van der Waals surface area contributed by atoms with Gasteiger partial charge < -0.3 is 16.0 Å². The van der Waals surface area contributed by atoms with Gasteiger partial charge in [-0.15, -0.1) is 0 Å². The Balaban J connectivity index is 2.87. The number of carbonyl (C=O) groups excluding carboxylic acids is 1. The van der Waals surface area contributed by atoms with Gasteiger partial charge in [-0.3, -0.25) is 4.79 Å². The first-order chi connectivity index (χ1) is 8.36. The Bertz CT molecular complexity index is 453. The molecule has 0 aliphatic heterocycles. The van der Waals surface area contributed by atoms with E-state index in [0.29, 0.717) is 22.4 Å². The fraction of sp³-hybridized carbons (Fsp3) is 0.417. The summed E-state index contributed by atoms with van der Waals surface area (Å²) in [6.07, 6.45) is 0. The number of hydrogen-bond acceptors (Lipinski definition) is 3. The molecule has 1 aromatic carbocycles. The number of nitrogens with zero attached hydrogens (tertiary/aromatic N) is 1. The number of nitrogen functional groups attached to an aromatic ring is 1. The molecule has 18 heavy (non-hydrogen) atoms. The molecule has 4 nitrogen and oxygen atoms in total. The Morgan fingerprint density at radius 2 is 2.22 bits per heavy atom. The second-order valence-electron chi connectivity index (χ2n) is 4.22. The van der Waals surface area contributed by atoms with Crippen LogP contribution in [0.4, 0.5) is 15.8 Å². The summed E-state index contributed by atoms with van der Waals surface area (Å²) in [5.41, 5.74) is 6.82. The van der Waals surface area contributed by atoms with Crippen LogP contribution in [-0.4, -0.2) is 26.5 Å². The van der Waals surface area contributed by atoms with Crippen molar-refractivity contribution in [2.75, 3.05) is 31.3 Å². The van der Waals surface area contributed by atoms with Crippen molar-refractivity contribution in [3.63, 3.8) is 0 Å². The van der Waals surface area contributed by atoms with Gasteiger partial charge in [-0.1, -0.05) is 6.92 Å². The van der Waals surface area contributed by atoms with E-state index in [1.807, 2.05) is 18.9 Å². The Kier molecular flexibility index (Phi) is 4.95. The van der Waals surface area contributed by atoms with Crippen LogP contribution in [0.3, 0.4) is 0 Å². The van der Waals surface area contributed by atoms with Crippen LogP contribution >= 0.6 is 15.9 Å². The van der Waals surface area contributed by atoms with Crippen LogP contribution in [-0.2, 0) is 4.79 Å². The molecule has 6 heteroatoms. The molecule has 0 aliphatic carbocycles. The number of hydrogen-bond donors (Lipinski definition) is 2. The molecule has 0 radical (unpaired) electrons. The number of nitrogens with one attached hydrogen (secondary N) is 1. The number of amides is 1. The molecule has 0 spiro atoms. The fourth-order valence-electron chi connectivity index (χ4n) is 1.72. The minimum Gasteiger partial charge on any atom is -0.397 e. The largest absolute Gasteiger partial charge is 0.397 e. The third kappa shape index (κ3) is 3.35. The molecular formula is C12H17BrFN3O. The number of benzene rings is 1. The van der Waals surface area contributed by atoms with E-state index >= 15 is 0 Å². The smallest absolute Gasteiger partial charge is 0.224 e. The highest BCUT2D eigenvalue weighted by Crippen LogP contribution is 2.29. The molecule has 0 saturated carbocycles. The summed E-state index contributed by atoms with van der Waals surface area (Å²) in [6, 6.07) is 2.88. The highest BCUT2D eigenvalue weighted by atomic mass is 79.9. The molecular weight excluding hydrogens is 301 g/mol. The van der Waals surface area contributed by atoms with Crippen LogP contribution in [0.5, 0.6) is 0 Å². The van der Waals surface area contributed by atoms with Crippen LogP contribution in [0.2, 0.25) is 0 Å². The fourth-order valence-corrected chi connectivity index (χ4v) is 2.05. The lowest BCUT2D eigenvalue weighted by molar-refractivity contribution is -0.123. The summed E-state index contributed by atoms with van der Waals surface area (Å²) in [4.78, 5) is 13.3. The SMILES string of the molecule is CNC(=O)C(C)CN(C)c1cc(Br)c(F)cc1N. The maximum Gasteiger partial charge on any atom is 0.224 e. The van der Waals surface area contributed by atoms with Gasteiger partial charge in [0.15, 0.2) is 0 Å². The number of anilines is 2. The zero-order valence-corrected chi connectivity index (χ0v) is 12.2. The summed E-state index contributed by atoms with van der Waals surface area (Å²) >= 11 is 3.12. The van der Waals surface area contributed by atoms with Gasteiger partial charge in [0.05, 0.1) is 21.8 Å². The van der Waals surface area contributed by atoms with Crippen molar-refractivity contribution >= 4 is 33.2 Å². The van der Waals surface area contributed by atoms with Crippen molar-refractivity contribution in [2.45, 2.75) is 6.92 Å². The van der Waals surface area contributed by atoms with Gasteiger partial charge in [0, 0.05) is 26.7 Å². The number of halogens is 2. The third-order valence-electron chi connectivity index (χ3n) is 2.72. The molecule has 0 aliphatic rings. The van der Waals surface area contributed by atoms with E-state index in [-0.39, 0.29) is 11.8 Å². The molecule has 3 N–H and O–H groups in total. The van der Waals surface area contributed by atoms with Crippen molar-refractivity contribution in [1.29, 1.82) is 0 Å². The highest BCUT2D eigenvalue weighted by molar-refractivity contribution is 9.10. The molecule has 1 atom stereocenters. The first kappa shape index (κ1) is 14.8. The van der Waals surface area contributed by atoms with Gasteiger partial charge in [0.2, 0.25) is 5.91 Å². The monoisotopic (exact) mass is 317 g/mol. The first-order valence-corrected chi connectivity index (χ1v) is 6.33. The van der Waals surface area contributed by atoms with E-state index in [9.17, 15) is 9.18 Å². The minimum atomic E-state index is -0.399. The molecule has 0 aromatic heterocycles. The van der Waals surface area contributed by atoms with E-state index in [1.54, 1.807) is 13.1 Å². The number of nitrogens with two attached hydrogens (primary N) is 1. The average molecular weight is 318 g/mol. The van der Waals surface area contributed by atoms with Crippen molar-refractivity contribution in [1.82, 2.24) is 5.32 Å². The summed E-state index contributed by atoms with van der Waals surface area (Å²) in [7, 11) is 3.41. The van der Waals surface area contributed by atoms with Crippen LogP contribution in [0, 0.1) is 11.7 Å². The average Bonchev–Trinajstić information content (AvgIpc) is 2.32. The topological polar surface area (TPSA) is 58.4 Å². The standard InChI is InChI=1S/C12H17BrFN3O/c1-7(12(18)16-2)6-17(3)11-4-8(13)9(14)5-10(11)15/h4-5,7H,6,15H2,1-3H3,(H,16,18). The van der Waals surface area contributed by atoms with Gasteiger partial charge in [-0.25, -0.2) is 4.39 Å². The Morgan fingerprint density at radius 1 is 1.61 bits per heavy atom.